The van der Waals surface area contributed by atoms with Crippen LogP contribution in [0.3, 0.4) is 0 Å². The van der Waals surface area contributed by atoms with Crippen molar-refractivity contribution in [1.82, 2.24) is 14.9 Å². The molecule has 4 nitrogen and oxygen atoms in total. The van der Waals surface area contributed by atoms with Gasteiger partial charge >= 0.3 is 6.18 Å². The highest BCUT2D eigenvalue weighted by atomic mass is 32.2. The Labute approximate surface area is 155 Å². The summed E-state index contributed by atoms with van der Waals surface area (Å²) in [6.07, 6.45) is -3.65. The second kappa shape index (κ2) is 7.50. The van der Waals surface area contributed by atoms with Gasteiger partial charge in [0.1, 0.15) is 0 Å². The van der Waals surface area contributed by atoms with Gasteiger partial charge in [-0.2, -0.15) is 13.2 Å². The Morgan fingerprint density at radius 1 is 1.31 bits per heavy atom. The Morgan fingerprint density at radius 3 is 2.50 bits per heavy atom. The number of hydrogen-bond acceptors (Lipinski definition) is 3. The molecule has 2 aromatic rings. The third-order valence-electron chi connectivity index (χ3n) is 3.64. The van der Waals surface area contributed by atoms with E-state index < -0.39 is 17.0 Å². The number of benzene rings is 1. The number of halogens is 3. The second-order valence-corrected chi connectivity index (χ2v) is 8.55. The summed E-state index contributed by atoms with van der Waals surface area (Å²) in [5.41, 5.74) is -0.112. The van der Waals surface area contributed by atoms with Crippen molar-refractivity contribution >= 4 is 28.7 Å². The number of fused-ring (bicyclic) bond motifs is 1. The SMILES string of the molecule is CCCn1c(S[C@@H](C)C(=O)NC(C)(C)C)nc2ccc(C(F)(F)F)cc21. The third-order valence-corrected chi connectivity index (χ3v) is 4.73. The van der Waals surface area contributed by atoms with Crippen LogP contribution in [0.1, 0.15) is 46.6 Å². The first kappa shape index (κ1) is 20.6. The van der Waals surface area contributed by atoms with Crippen LogP contribution in [0.15, 0.2) is 23.4 Å². The number of carbonyl (C=O) groups excluding carboxylic acids is 1. The normalized spacial score (nSPS) is 13.8. The van der Waals surface area contributed by atoms with Gasteiger partial charge in [-0.25, -0.2) is 4.98 Å². The fourth-order valence-corrected chi connectivity index (χ4v) is 3.44. The van der Waals surface area contributed by atoms with Crippen LogP contribution in [0.5, 0.6) is 0 Å². The summed E-state index contributed by atoms with van der Waals surface area (Å²) in [4.78, 5) is 16.8. The first-order valence-corrected chi connectivity index (χ1v) is 9.36. The highest BCUT2D eigenvalue weighted by molar-refractivity contribution is 8.00. The molecule has 0 aliphatic carbocycles. The first-order chi connectivity index (χ1) is 11.9. The number of thioether (sulfide) groups is 1. The van der Waals surface area contributed by atoms with Crippen LogP contribution in [-0.2, 0) is 17.5 Å². The van der Waals surface area contributed by atoms with Crippen LogP contribution < -0.4 is 5.32 Å². The number of aromatic nitrogens is 2. The van der Waals surface area contributed by atoms with Crippen molar-refractivity contribution in [2.75, 3.05) is 0 Å². The minimum atomic E-state index is -4.40. The molecule has 1 amide bonds. The van der Waals surface area contributed by atoms with Gasteiger partial charge in [0.25, 0.3) is 0 Å². The zero-order chi connectivity index (χ0) is 19.7. The molecule has 144 valence electrons. The zero-order valence-electron chi connectivity index (χ0n) is 15.6. The van der Waals surface area contributed by atoms with Gasteiger partial charge in [-0.05, 0) is 52.3 Å². The summed E-state index contributed by atoms with van der Waals surface area (Å²) in [6.45, 7) is 9.94. The Kier molecular flexibility index (Phi) is 5.95. The van der Waals surface area contributed by atoms with Crippen LogP contribution in [0.25, 0.3) is 11.0 Å². The maximum atomic E-state index is 13.0. The standard InChI is InChI=1S/C18H24F3N3OS/c1-6-9-24-14-10-12(18(19,20)21)7-8-13(14)22-16(24)26-11(2)15(25)23-17(3,4)5/h7-8,10-11H,6,9H2,1-5H3,(H,23,25)/t11-/m0/s1. The third kappa shape index (κ3) is 4.93. The lowest BCUT2D eigenvalue weighted by atomic mass is 10.1. The number of carbonyl (C=O) groups is 1. The molecule has 0 saturated carbocycles. The van der Waals surface area contributed by atoms with E-state index in [0.29, 0.717) is 22.7 Å². The second-order valence-electron chi connectivity index (χ2n) is 7.25. The molecule has 1 aromatic heterocycles. The molecule has 2 rings (SSSR count). The lowest BCUT2D eigenvalue weighted by Crippen LogP contribution is -2.44. The molecule has 0 saturated heterocycles. The highest BCUT2D eigenvalue weighted by Crippen LogP contribution is 2.34. The van der Waals surface area contributed by atoms with Gasteiger partial charge in [0.2, 0.25) is 5.91 Å². The molecule has 0 spiro atoms. The number of hydrogen-bond donors (Lipinski definition) is 1. The molecule has 0 radical (unpaired) electrons. The molecule has 1 atom stereocenters. The first-order valence-electron chi connectivity index (χ1n) is 8.48. The van der Waals surface area contributed by atoms with Crippen LogP contribution >= 0.6 is 11.8 Å². The summed E-state index contributed by atoms with van der Waals surface area (Å²) in [7, 11) is 0. The minimum Gasteiger partial charge on any atom is -0.351 e. The molecule has 0 unspecified atom stereocenters. The van der Waals surface area contributed by atoms with Crippen LogP contribution in [0, 0.1) is 0 Å². The van der Waals surface area contributed by atoms with Crippen molar-refractivity contribution in [2.45, 2.75) is 69.7 Å². The van der Waals surface area contributed by atoms with Crippen molar-refractivity contribution < 1.29 is 18.0 Å². The summed E-state index contributed by atoms with van der Waals surface area (Å²) >= 11 is 1.26. The average Bonchev–Trinajstić information content (AvgIpc) is 2.82. The van der Waals surface area contributed by atoms with Crippen molar-refractivity contribution in [3.8, 4) is 0 Å². The van der Waals surface area contributed by atoms with Crippen LogP contribution in [0.2, 0.25) is 0 Å². The fourth-order valence-electron chi connectivity index (χ4n) is 2.49. The maximum Gasteiger partial charge on any atom is 0.416 e. The Hall–Kier alpha value is -1.70. The maximum absolute atomic E-state index is 13.0. The lowest BCUT2D eigenvalue weighted by Gasteiger charge is -2.23. The van der Waals surface area contributed by atoms with E-state index >= 15 is 0 Å². The molecule has 1 aromatic carbocycles. The molecule has 0 aliphatic heterocycles. The quantitative estimate of drug-likeness (QED) is 0.746. The topological polar surface area (TPSA) is 46.9 Å². The van der Waals surface area contributed by atoms with Gasteiger partial charge in [0.05, 0.1) is 21.8 Å². The number of rotatable bonds is 5. The summed E-state index contributed by atoms with van der Waals surface area (Å²) < 4.78 is 40.8. The smallest absolute Gasteiger partial charge is 0.351 e. The molecule has 0 aliphatic rings. The van der Waals surface area contributed by atoms with E-state index in [-0.39, 0.29) is 11.4 Å². The van der Waals surface area contributed by atoms with Gasteiger partial charge in [-0.15, -0.1) is 0 Å². The molecule has 8 heteroatoms. The summed E-state index contributed by atoms with van der Waals surface area (Å²) in [5, 5.41) is 3.05. The van der Waals surface area contributed by atoms with Crippen LogP contribution in [0.4, 0.5) is 13.2 Å². The Morgan fingerprint density at radius 2 is 1.96 bits per heavy atom. The van der Waals surface area contributed by atoms with E-state index in [2.05, 4.69) is 10.3 Å². The number of imidazole rings is 1. The lowest BCUT2D eigenvalue weighted by molar-refractivity contribution is -0.137. The number of alkyl halides is 3. The van der Waals surface area contributed by atoms with E-state index in [1.165, 1.54) is 17.8 Å². The van der Waals surface area contributed by atoms with Crippen molar-refractivity contribution in [3.63, 3.8) is 0 Å². The minimum absolute atomic E-state index is 0.131. The molecular formula is C18H24F3N3OS. The van der Waals surface area contributed by atoms with Crippen molar-refractivity contribution in [2.24, 2.45) is 0 Å². The predicted octanol–water partition coefficient (Wildman–Crippen LogP) is 4.86. The van der Waals surface area contributed by atoms with Crippen molar-refractivity contribution in [1.29, 1.82) is 0 Å². The summed E-state index contributed by atoms with van der Waals surface area (Å²) in [6, 6.07) is 3.55. The monoisotopic (exact) mass is 387 g/mol. The van der Waals surface area contributed by atoms with E-state index in [0.717, 1.165) is 18.6 Å². The highest BCUT2D eigenvalue weighted by Gasteiger charge is 2.31. The number of amides is 1. The molecule has 1 heterocycles. The zero-order valence-corrected chi connectivity index (χ0v) is 16.4. The Balaban J connectivity index is 2.37. The van der Waals surface area contributed by atoms with E-state index in [4.69, 9.17) is 0 Å². The van der Waals surface area contributed by atoms with Crippen molar-refractivity contribution in [3.05, 3.63) is 23.8 Å². The van der Waals surface area contributed by atoms with Gasteiger partial charge in [-0.1, -0.05) is 18.7 Å². The van der Waals surface area contributed by atoms with E-state index in [1.54, 1.807) is 11.5 Å². The molecule has 26 heavy (non-hydrogen) atoms. The molecule has 1 N–H and O–H groups in total. The molecule has 0 fully saturated rings. The molecular weight excluding hydrogens is 363 g/mol. The van der Waals surface area contributed by atoms with Gasteiger partial charge in [0.15, 0.2) is 5.16 Å². The average molecular weight is 387 g/mol. The van der Waals surface area contributed by atoms with E-state index in [9.17, 15) is 18.0 Å². The number of nitrogens with one attached hydrogen (secondary N) is 1. The van der Waals surface area contributed by atoms with E-state index in [1.807, 2.05) is 27.7 Å². The Bertz CT molecular complexity index is 793. The molecule has 0 bridgehead atoms. The largest absolute Gasteiger partial charge is 0.416 e. The number of nitrogens with zero attached hydrogens (tertiary/aromatic N) is 2. The van der Waals surface area contributed by atoms with Crippen LogP contribution in [-0.4, -0.2) is 26.2 Å². The van der Waals surface area contributed by atoms with Gasteiger partial charge in [0, 0.05) is 12.1 Å². The summed E-state index contributed by atoms with van der Waals surface area (Å²) in [5.74, 6) is -0.131. The van der Waals surface area contributed by atoms with Gasteiger partial charge < -0.3 is 9.88 Å². The number of aryl methyl sites for hydroxylation is 1. The fraction of sp³-hybridized carbons (Fsp3) is 0.556. The predicted molar refractivity (Wildman–Crippen MR) is 98.2 cm³/mol. The van der Waals surface area contributed by atoms with Gasteiger partial charge in [-0.3, -0.25) is 4.79 Å².